The largest absolute Gasteiger partial charge is 0.495 e. The molecule has 7 nitrogen and oxygen atoms in total. The molecule has 0 atom stereocenters. The van der Waals surface area contributed by atoms with Gasteiger partial charge in [-0.2, -0.15) is 0 Å². The lowest BCUT2D eigenvalue weighted by Gasteiger charge is -2.15. The predicted molar refractivity (Wildman–Crippen MR) is 127 cm³/mol. The lowest BCUT2D eigenvalue weighted by Crippen LogP contribution is -2.40. The highest BCUT2D eigenvalue weighted by molar-refractivity contribution is 5.73. The SMILES string of the molecule is COc1ccccc1-n1c(=O)n(Cc2ccccc2)c(=O)c2c1ncn2Cc1ccc(F)c(F)c1. The van der Waals surface area contributed by atoms with Crippen LogP contribution >= 0.6 is 0 Å². The second-order valence-corrected chi connectivity index (χ2v) is 7.96. The summed E-state index contributed by atoms with van der Waals surface area (Å²) < 4.78 is 36.7. The normalized spacial score (nSPS) is 11.2. The van der Waals surface area contributed by atoms with Crippen LogP contribution in [0.15, 0.2) is 88.7 Å². The van der Waals surface area contributed by atoms with Gasteiger partial charge in [0.05, 0.1) is 25.7 Å². The number of ether oxygens (including phenoxy) is 1. The van der Waals surface area contributed by atoms with Gasteiger partial charge in [-0.1, -0.05) is 48.5 Å². The maximum atomic E-state index is 13.8. The van der Waals surface area contributed by atoms with E-state index in [1.165, 1.54) is 28.6 Å². The van der Waals surface area contributed by atoms with E-state index in [1.807, 2.05) is 30.3 Å². The number of imidazole rings is 1. The highest BCUT2D eigenvalue weighted by atomic mass is 19.2. The van der Waals surface area contributed by atoms with Gasteiger partial charge in [-0.3, -0.25) is 9.36 Å². The monoisotopic (exact) mass is 474 g/mol. The number of rotatable bonds is 6. The number of aromatic nitrogens is 4. The first-order valence-corrected chi connectivity index (χ1v) is 10.8. The summed E-state index contributed by atoms with van der Waals surface area (Å²) in [6.07, 6.45) is 1.41. The molecule has 0 amide bonds. The topological polar surface area (TPSA) is 71.1 Å². The third-order valence-electron chi connectivity index (χ3n) is 5.75. The number of halogens is 2. The summed E-state index contributed by atoms with van der Waals surface area (Å²) in [4.78, 5) is 31.6. The molecule has 176 valence electrons. The van der Waals surface area contributed by atoms with E-state index in [-0.39, 0.29) is 24.3 Å². The fourth-order valence-electron chi connectivity index (χ4n) is 4.07. The number of fused-ring (bicyclic) bond motifs is 1. The molecule has 0 unspecified atom stereocenters. The van der Waals surface area contributed by atoms with Gasteiger partial charge in [0.2, 0.25) is 0 Å². The smallest absolute Gasteiger partial charge is 0.337 e. The molecule has 0 saturated heterocycles. The lowest BCUT2D eigenvalue weighted by molar-refractivity contribution is 0.412. The van der Waals surface area contributed by atoms with Crippen LogP contribution in [0.5, 0.6) is 5.75 Å². The molecule has 0 bridgehead atoms. The van der Waals surface area contributed by atoms with E-state index in [0.29, 0.717) is 17.0 Å². The molecule has 0 saturated carbocycles. The summed E-state index contributed by atoms with van der Waals surface area (Å²) in [6.45, 7) is 0.0956. The first-order chi connectivity index (χ1) is 17.0. The van der Waals surface area contributed by atoms with Crippen LogP contribution in [0.2, 0.25) is 0 Å². The zero-order valence-electron chi connectivity index (χ0n) is 18.7. The number of nitrogens with zero attached hydrogens (tertiary/aromatic N) is 4. The predicted octanol–water partition coefficient (Wildman–Crippen LogP) is 3.73. The van der Waals surface area contributed by atoms with Crippen molar-refractivity contribution in [3.8, 4) is 11.4 Å². The van der Waals surface area contributed by atoms with Gasteiger partial charge < -0.3 is 9.30 Å². The van der Waals surface area contributed by atoms with Crippen LogP contribution < -0.4 is 16.0 Å². The maximum absolute atomic E-state index is 13.8. The van der Waals surface area contributed by atoms with Crippen molar-refractivity contribution in [1.82, 2.24) is 18.7 Å². The van der Waals surface area contributed by atoms with Gasteiger partial charge in [-0.15, -0.1) is 0 Å². The van der Waals surface area contributed by atoms with Crippen LogP contribution in [-0.2, 0) is 13.1 Å². The summed E-state index contributed by atoms with van der Waals surface area (Å²) in [5, 5.41) is 0. The molecule has 0 spiro atoms. The molecule has 3 aromatic carbocycles. The quantitative estimate of drug-likeness (QED) is 0.376. The van der Waals surface area contributed by atoms with Crippen molar-refractivity contribution >= 4 is 11.2 Å². The zero-order valence-corrected chi connectivity index (χ0v) is 18.7. The summed E-state index contributed by atoms with van der Waals surface area (Å²) in [5.41, 5.74) is 0.794. The third kappa shape index (κ3) is 4.01. The summed E-state index contributed by atoms with van der Waals surface area (Å²) in [7, 11) is 1.49. The summed E-state index contributed by atoms with van der Waals surface area (Å²) in [6, 6.07) is 19.6. The average Bonchev–Trinajstić information content (AvgIpc) is 3.28. The van der Waals surface area contributed by atoms with Crippen LogP contribution in [0.25, 0.3) is 16.9 Å². The molecule has 0 aliphatic rings. The highest BCUT2D eigenvalue weighted by Crippen LogP contribution is 2.23. The van der Waals surface area contributed by atoms with Crippen LogP contribution in [0.1, 0.15) is 11.1 Å². The Kier molecular flexibility index (Phi) is 5.74. The van der Waals surface area contributed by atoms with Gasteiger partial charge in [0.25, 0.3) is 5.56 Å². The molecule has 0 aliphatic carbocycles. The molecule has 2 aromatic heterocycles. The molecule has 0 radical (unpaired) electrons. The van der Waals surface area contributed by atoms with E-state index in [0.717, 1.165) is 22.3 Å². The zero-order chi connectivity index (χ0) is 24.5. The molecular formula is C26H20F2N4O3. The van der Waals surface area contributed by atoms with Gasteiger partial charge in [0.1, 0.15) is 5.75 Å². The molecule has 35 heavy (non-hydrogen) atoms. The minimum absolute atomic E-state index is 0.0416. The summed E-state index contributed by atoms with van der Waals surface area (Å²) in [5.74, 6) is -1.52. The Bertz CT molecular complexity index is 1660. The Morgan fingerprint density at radius 1 is 0.857 bits per heavy atom. The van der Waals surface area contributed by atoms with Gasteiger partial charge in [0.15, 0.2) is 22.8 Å². The van der Waals surface area contributed by atoms with E-state index in [4.69, 9.17) is 4.74 Å². The van der Waals surface area contributed by atoms with Crippen LogP contribution in [0, 0.1) is 11.6 Å². The molecule has 9 heteroatoms. The van der Waals surface area contributed by atoms with Crippen molar-refractivity contribution in [1.29, 1.82) is 0 Å². The van der Waals surface area contributed by atoms with Crippen molar-refractivity contribution in [2.24, 2.45) is 0 Å². The number of benzene rings is 3. The molecular weight excluding hydrogens is 454 g/mol. The van der Waals surface area contributed by atoms with E-state index in [9.17, 15) is 18.4 Å². The number of hydrogen-bond donors (Lipinski definition) is 0. The van der Waals surface area contributed by atoms with Gasteiger partial charge in [0, 0.05) is 6.54 Å². The van der Waals surface area contributed by atoms with Crippen LogP contribution in [0.3, 0.4) is 0 Å². The van der Waals surface area contributed by atoms with E-state index in [1.54, 1.807) is 24.3 Å². The fourth-order valence-corrected chi connectivity index (χ4v) is 4.07. The fraction of sp³-hybridized carbons (Fsp3) is 0.115. The Balaban J connectivity index is 1.77. The number of hydrogen-bond acceptors (Lipinski definition) is 4. The number of para-hydroxylation sites is 2. The van der Waals surface area contributed by atoms with Crippen molar-refractivity contribution < 1.29 is 13.5 Å². The minimum Gasteiger partial charge on any atom is -0.495 e. The van der Waals surface area contributed by atoms with Gasteiger partial charge in [-0.25, -0.2) is 23.1 Å². The minimum atomic E-state index is -0.987. The Hall–Kier alpha value is -4.53. The van der Waals surface area contributed by atoms with Crippen LogP contribution in [0.4, 0.5) is 8.78 Å². The first-order valence-electron chi connectivity index (χ1n) is 10.8. The van der Waals surface area contributed by atoms with Crippen molar-refractivity contribution in [2.75, 3.05) is 7.11 Å². The Morgan fingerprint density at radius 3 is 2.34 bits per heavy atom. The number of methoxy groups -OCH3 is 1. The van der Waals surface area contributed by atoms with E-state index in [2.05, 4.69) is 4.98 Å². The average molecular weight is 474 g/mol. The van der Waals surface area contributed by atoms with E-state index >= 15 is 0 Å². The van der Waals surface area contributed by atoms with Crippen LogP contribution in [-0.4, -0.2) is 25.8 Å². The highest BCUT2D eigenvalue weighted by Gasteiger charge is 2.21. The molecule has 0 aliphatic heterocycles. The molecule has 0 fully saturated rings. The van der Waals surface area contributed by atoms with Crippen molar-refractivity contribution in [2.45, 2.75) is 13.1 Å². The first kappa shape index (κ1) is 22.3. The third-order valence-corrected chi connectivity index (χ3v) is 5.75. The molecule has 5 rings (SSSR count). The standard InChI is InChI=1S/C26H20F2N4O3/c1-35-22-10-6-5-9-21(22)32-24-23(25(33)31(26(32)34)15-17-7-3-2-4-8-17)30(16-29-24)14-18-11-12-19(27)20(28)13-18/h2-13,16H,14-15H2,1H3. The van der Waals surface area contributed by atoms with Crippen molar-refractivity contribution in [3.63, 3.8) is 0 Å². The molecule has 2 heterocycles. The molecule has 0 N–H and O–H groups in total. The Labute approximate surface area is 198 Å². The second-order valence-electron chi connectivity index (χ2n) is 7.96. The van der Waals surface area contributed by atoms with Gasteiger partial charge >= 0.3 is 5.69 Å². The Morgan fingerprint density at radius 2 is 1.60 bits per heavy atom. The lowest BCUT2D eigenvalue weighted by atomic mass is 10.2. The van der Waals surface area contributed by atoms with Gasteiger partial charge in [-0.05, 0) is 35.4 Å². The van der Waals surface area contributed by atoms with Crippen molar-refractivity contribution in [3.05, 3.63) is 123 Å². The summed E-state index contributed by atoms with van der Waals surface area (Å²) >= 11 is 0. The van der Waals surface area contributed by atoms with E-state index < -0.39 is 22.9 Å². The molecule has 5 aromatic rings. The maximum Gasteiger partial charge on any atom is 0.337 e. The second kappa shape index (κ2) is 9.02.